The van der Waals surface area contributed by atoms with Gasteiger partial charge in [-0.3, -0.25) is 0 Å². The Morgan fingerprint density at radius 3 is 2.43 bits per heavy atom. The Labute approximate surface area is 243 Å². The molecule has 0 aromatic heterocycles. The van der Waals surface area contributed by atoms with Gasteiger partial charge in [0.15, 0.2) is 11.7 Å². The van der Waals surface area contributed by atoms with E-state index in [1.165, 1.54) is 5.56 Å². The zero-order valence-electron chi connectivity index (χ0n) is 23.7. The third-order valence-electron chi connectivity index (χ3n) is 7.84. The lowest BCUT2D eigenvalue weighted by Gasteiger charge is -2.38. The van der Waals surface area contributed by atoms with Gasteiger partial charge in [0, 0.05) is 24.2 Å². The molecule has 0 saturated carbocycles. The molecule has 10 heteroatoms. The lowest BCUT2D eigenvalue weighted by atomic mass is 9.85. The normalized spacial score (nSPS) is 22.7. The van der Waals surface area contributed by atoms with E-state index in [1.54, 1.807) is 49.6 Å². The smallest absolute Gasteiger partial charge is 0.421 e. The van der Waals surface area contributed by atoms with E-state index in [0.717, 1.165) is 26.3 Å². The molecule has 5 rings (SSSR count). The minimum atomic E-state index is -4.49. The monoisotopic (exact) mass is 586 g/mol. The van der Waals surface area contributed by atoms with Gasteiger partial charge in [0.1, 0.15) is 5.75 Å². The van der Waals surface area contributed by atoms with Crippen LogP contribution in [0, 0.1) is 0 Å². The van der Waals surface area contributed by atoms with Gasteiger partial charge in [-0.1, -0.05) is 60.7 Å². The maximum Gasteiger partial charge on any atom is 0.421 e. The van der Waals surface area contributed by atoms with E-state index in [9.17, 15) is 18.0 Å². The molecule has 0 spiro atoms. The molecular formula is C32H37F3N2O5. The number of benzene rings is 3. The highest BCUT2D eigenvalue weighted by Gasteiger charge is 2.56. The first kappa shape index (κ1) is 31.5. The molecule has 42 heavy (non-hydrogen) atoms. The fraction of sp³-hybridized carbons (Fsp3) is 0.406. The summed E-state index contributed by atoms with van der Waals surface area (Å²) in [7, 11) is 1.56. The molecular weight excluding hydrogens is 549 g/mol. The van der Waals surface area contributed by atoms with Crippen molar-refractivity contribution in [3.8, 4) is 5.75 Å². The number of nitrogens with one attached hydrogen (secondary N) is 2. The Balaban J connectivity index is 0.000000310. The number of aliphatic carboxylic acids is 1. The Hall–Kier alpha value is -3.44. The number of carboxylic acids is 1. The van der Waals surface area contributed by atoms with Gasteiger partial charge in [0.25, 0.3) is 0 Å². The summed E-state index contributed by atoms with van der Waals surface area (Å²) < 4.78 is 52.4. The number of alkyl halides is 3. The number of carbonyl (C=O) groups is 1. The van der Waals surface area contributed by atoms with E-state index in [-0.39, 0.29) is 24.3 Å². The summed E-state index contributed by atoms with van der Waals surface area (Å²) in [6.07, 6.45) is -3.43. The molecule has 0 unspecified atom stereocenters. The van der Waals surface area contributed by atoms with Crippen LogP contribution in [0.5, 0.6) is 5.75 Å². The van der Waals surface area contributed by atoms with Crippen molar-refractivity contribution in [3.63, 3.8) is 0 Å². The number of aliphatic hydroxyl groups is 1. The summed E-state index contributed by atoms with van der Waals surface area (Å²) in [5.41, 5.74) is 0.828. The van der Waals surface area contributed by atoms with Gasteiger partial charge < -0.3 is 30.3 Å². The van der Waals surface area contributed by atoms with E-state index in [1.807, 2.05) is 18.2 Å². The third kappa shape index (κ3) is 7.12. The number of hydrogen-bond donors (Lipinski definition) is 4. The van der Waals surface area contributed by atoms with Gasteiger partial charge in [-0.15, -0.1) is 0 Å². The number of ether oxygens (including phenoxy) is 2. The number of halogens is 3. The molecule has 1 saturated heterocycles. The van der Waals surface area contributed by atoms with Gasteiger partial charge in [0.2, 0.25) is 0 Å². The molecule has 7 nitrogen and oxygen atoms in total. The minimum absolute atomic E-state index is 0.0380. The SMILES string of the molecule is COc1cc2c(cc1CN[C@H]1CCCN[C@H]1c1ccccc1)[C@](C)(C(F)(F)F)OCC2.O=C(O)[C@H](O)c1ccccc1. The van der Waals surface area contributed by atoms with Crippen LogP contribution < -0.4 is 15.4 Å². The molecule has 4 atom stereocenters. The van der Waals surface area contributed by atoms with Crippen LogP contribution in [0.2, 0.25) is 0 Å². The van der Waals surface area contributed by atoms with Crippen molar-refractivity contribution >= 4 is 5.97 Å². The standard InChI is InChI=1S/C24H29F3N2O2.C8H8O3/c1-23(24(25,26)27)19-13-18(21(30-2)14-17(19)10-12-31-23)15-29-20-9-6-11-28-22(20)16-7-4-3-5-8-16;9-7(8(10)11)6-4-2-1-3-5-6/h3-5,7-8,13-14,20,22,28-29H,6,9-12,15H2,1-2H3;1-5,7,9H,(H,10,11)/t20-,22-,23+;7-/m01/s1. The van der Waals surface area contributed by atoms with Crippen LogP contribution in [0.3, 0.4) is 0 Å². The van der Waals surface area contributed by atoms with E-state index in [2.05, 4.69) is 22.8 Å². The highest BCUT2D eigenvalue weighted by Crippen LogP contribution is 2.47. The maximum atomic E-state index is 13.9. The van der Waals surface area contributed by atoms with Crippen LogP contribution in [0.25, 0.3) is 0 Å². The van der Waals surface area contributed by atoms with Crippen LogP contribution in [0.1, 0.15) is 59.7 Å². The van der Waals surface area contributed by atoms with Crippen molar-refractivity contribution < 1.29 is 37.7 Å². The van der Waals surface area contributed by atoms with Crippen molar-refractivity contribution in [2.24, 2.45) is 0 Å². The predicted octanol–water partition coefficient (Wildman–Crippen LogP) is 5.43. The molecule has 0 aliphatic carbocycles. The molecule has 1 fully saturated rings. The van der Waals surface area contributed by atoms with Crippen molar-refractivity contribution in [3.05, 3.63) is 101 Å². The predicted molar refractivity (Wildman–Crippen MR) is 152 cm³/mol. The fourth-order valence-corrected chi connectivity index (χ4v) is 5.46. The van der Waals surface area contributed by atoms with Gasteiger partial charge in [-0.05, 0) is 67.1 Å². The number of hydrogen-bond acceptors (Lipinski definition) is 6. The van der Waals surface area contributed by atoms with Crippen molar-refractivity contribution in [1.82, 2.24) is 10.6 Å². The molecule has 2 aliphatic heterocycles. The van der Waals surface area contributed by atoms with Crippen LogP contribution in [-0.2, 0) is 28.1 Å². The van der Waals surface area contributed by atoms with Gasteiger partial charge in [-0.2, -0.15) is 13.2 Å². The lowest BCUT2D eigenvalue weighted by molar-refractivity contribution is -0.281. The number of rotatable bonds is 7. The number of fused-ring (bicyclic) bond motifs is 1. The van der Waals surface area contributed by atoms with E-state index in [0.29, 0.717) is 35.4 Å². The molecule has 4 N–H and O–H groups in total. The third-order valence-corrected chi connectivity index (χ3v) is 7.84. The molecule has 2 heterocycles. The van der Waals surface area contributed by atoms with Crippen molar-refractivity contribution in [2.75, 3.05) is 20.3 Å². The number of aliphatic hydroxyl groups excluding tert-OH is 1. The maximum absolute atomic E-state index is 13.9. The number of piperidine rings is 1. The van der Waals surface area contributed by atoms with Crippen LogP contribution >= 0.6 is 0 Å². The number of carboxylic acid groups (broad SMARTS) is 1. The molecule has 0 amide bonds. The van der Waals surface area contributed by atoms with Crippen molar-refractivity contribution in [1.29, 1.82) is 0 Å². The van der Waals surface area contributed by atoms with Gasteiger partial charge in [0.05, 0.1) is 13.7 Å². The Kier molecular flexibility index (Phi) is 10.3. The van der Waals surface area contributed by atoms with Crippen LogP contribution in [0.4, 0.5) is 13.2 Å². The second-order valence-electron chi connectivity index (χ2n) is 10.6. The Morgan fingerprint density at radius 1 is 1.14 bits per heavy atom. The first-order valence-corrected chi connectivity index (χ1v) is 13.9. The number of methoxy groups -OCH3 is 1. The Bertz CT molecular complexity index is 1320. The summed E-state index contributed by atoms with van der Waals surface area (Å²) >= 11 is 0. The van der Waals surface area contributed by atoms with Gasteiger partial charge in [-0.25, -0.2) is 4.79 Å². The zero-order valence-corrected chi connectivity index (χ0v) is 23.7. The zero-order chi connectivity index (χ0) is 30.3. The summed E-state index contributed by atoms with van der Waals surface area (Å²) in [6.45, 7) is 2.52. The fourth-order valence-electron chi connectivity index (χ4n) is 5.46. The largest absolute Gasteiger partial charge is 0.496 e. The highest BCUT2D eigenvalue weighted by atomic mass is 19.4. The quantitative estimate of drug-likeness (QED) is 0.293. The second-order valence-corrected chi connectivity index (χ2v) is 10.6. The lowest BCUT2D eigenvalue weighted by Crippen LogP contribution is -2.46. The van der Waals surface area contributed by atoms with Crippen molar-refractivity contribution in [2.45, 2.75) is 62.7 Å². The Morgan fingerprint density at radius 2 is 1.81 bits per heavy atom. The van der Waals surface area contributed by atoms with Gasteiger partial charge >= 0.3 is 12.1 Å². The van der Waals surface area contributed by atoms with E-state index >= 15 is 0 Å². The molecule has 2 aliphatic rings. The van der Waals surface area contributed by atoms with Crippen LogP contribution in [-0.4, -0.2) is 48.7 Å². The van der Waals surface area contributed by atoms with E-state index in [4.69, 9.17) is 19.7 Å². The summed E-state index contributed by atoms with van der Waals surface area (Å²) in [5.74, 6) is -0.617. The molecule has 226 valence electrons. The molecule has 3 aromatic rings. The molecule has 0 bridgehead atoms. The molecule has 3 aromatic carbocycles. The van der Waals surface area contributed by atoms with E-state index < -0.39 is 23.9 Å². The topological polar surface area (TPSA) is 100 Å². The first-order valence-electron chi connectivity index (χ1n) is 13.9. The average Bonchev–Trinajstić information content (AvgIpc) is 3.00. The summed E-state index contributed by atoms with van der Waals surface area (Å²) in [4.78, 5) is 10.2. The second kappa shape index (κ2) is 13.7. The highest BCUT2D eigenvalue weighted by molar-refractivity contribution is 5.73. The first-order chi connectivity index (χ1) is 20.0. The summed E-state index contributed by atoms with van der Waals surface area (Å²) in [5, 5.41) is 24.5. The summed E-state index contributed by atoms with van der Waals surface area (Å²) in [6, 6.07) is 22.2. The average molecular weight is 587 g/mol. The molecule has 0 radical (unpaired) electrons. The minimum Gasteiger partial charge on any atom is -0.496 e. The van der Waals surface area contributed by atoms with Crippen LogP contribution in [0.15, 0.2) is 72.8 Å².